The van der Waals surface area contributed by atoms with Gasteiger partial charge in [0.15, 0.2) is 0 Å². The lowest BCUT2D eigenvalue weighted by molar-refractivity contribution is 0.536. The number of allylic oxidation sites excluding steroid dienone is 13. The fourth-order valence-electron chi connectivity index (χ4n) is 3.27. The molecule has 1 radical (unpaired) electrons. The van der Waals surface area contributed by atoms with Gasteiger partial charge in [0.25, 0.3) is 0 Å². The molecule has 0 heteroatoms. The van der Waals surface area contributed by atoms with E-state index >= 15 is 0 Å². The Morgan fingerprint density at radius 3 is 1.13 bits per heavy atom. The second kappa shape index (κ2) is 27.2. The zero-order chi connectivity index (χ0) is 21.8. The van der Waals surface area contributed by atoms with Gasteiger partial charge in [0, 0.05) is 0 Å². The molecule has 0 N–H and O–H groups in total. The highest BCUT2D eigenvalue weighted by molar-refractivity contribution is 5.20. The summed E-state index contributed by atoms with van der Waals surface area (Å²) in [6.45, 7) is 7.53. The van der Waals surface area contributed by atoms with Crippen molar-refractivity contribution in [3.8, 4) is 0 Å². The molecular weight excluding hydrogens is 360 g/mol. The summed E-state index contributed by atoms with van der Waals surface area (Å²) in [5, 5.41) is 0. The normalized spacial score (nSPS) is 12.8. The fraction of sp³-hybridized carbons (Fsp3) is 0.533. The summed E-state index contributed by atoms with van der Waals surface area (Å²) in [5.74, 6) is 0. The van der Waals surface area contributed by atoms with Crippen molar-refractivity contribution in [2.24, 2.45) is 0 Å². The summed E-state index contributed by atoms with van der Waals surface area (Å²) in [5.41, 5.74) is 0. The molecule has 0 aromatic rings. The van der Waals surface area contributed by atoms with Crippen LogP contribution in [0.25, 0.3) is 0 Å². The van der Waals surface area contributed by atoms with Crippen molar-refractivity contribution in [3.63, 3.8) is 0 Å². The molecule has 0 heterocycles. The molecule has 0 aliphatic rings. The van der Waals surface area contributed by atoms with Gasteiger partial charge >= 0.3 is 0 Å². The van der Waals surface area contributed by atoms with Crippen molar-refractivity contribution >= 4 is 0 Å². The minimum atomic E-state index is 1.20. The van der Waals surface area contributed by atoms with E-state index in [9.17, 15) is 0 Å². The van der Waals surface area contributed by atoms with Crippen LogP contribution in [0.3, 0.4) is 0 Å². The average Bonchev–Trinajstić information content (AvgIpc) is 2.76. The van der Waals surface area contributed by atoms with Gasteiger partial charge in [-0.15, -0.1) is 0 Å². The fourth-order valence-corrected chi connectivity index (χ4v) is 3.27. The van der Waals surface area contributed by atoms with Crippen LogP contribution in [0.1, 0.15) is 103 Å². The summed E-state index contributed by atoms with van der Waals surface area (Å²) in [7, 11) is 0. The number of rotatable bonds is 21. The van der Waals surface area contributed by atoms with Gasteiger partial charge in [-0.3, -0.25) is 0 Å². The molecule has 0 aromatic heterocycles. The van der Waals surface area contributed by atoms with E-state index in [1.54, 1.807) is 6.08 Å². The lowest BCUT2D eigenvalue weighted by atomic mass is 10.0. The highest BCUT2D eigenvalue weighted by Gasteiger charge is 1.93. The second-order valence-corrected chi connectivity index (χ2v) is 7.93. The van der Waals surface area contributed by atoms with E-state index in [2.05, 4.69) is 31.2 Å². The summed E-state index contributed by atoms with van der Waals surface area (Å²) in [4.78, 5) is 0. The molecule has 0 rings (SSSR count). The molecule has 0 aromatic carbocycles. The average molecular weight is 408 g/mol. The van der Waals surface area contributed by atoms with Crippen LogP contribution in [0.5, 0.6) is 0 Å². The first kappa shape index (κ1) is 28.2. The lowest BCUT2D eigenvalue weighted by Crippen LogP contribution is -1.83. The van der Waals surface area contributed by atoms with E-state index in [1.165, 1.54) is 102 Å². The SMILES string of the molecule is [CH]=C/C=C/C=C/C=C/C=C/C=C/C=C/CCCCCCCCCCCCCCCC. The highest BCUT2D eigenvalue weighted by atomic mass is 14.0. The molecule has 30 heavy (non-hydrogen) atoms. The van der Waals surface area contributed by atoms with Crippen molar-refractivity contribution in [3.05, 3.63) is 85.6 Å². The largest absolute Gasteiger partial charge is 0.0845 e. The molecule has 0 saturated carbocycles. The van der Waals surface area contributed by atoms with E-state index in [0.29, 0.717) is 0 Å². The maximum atomic E-state index is 5.24. The molecule has 0 fully saturated rings. The first-order valence-electron chi connectivity index (χ1n) is 12.4. The van der Waals surface area contributed by atoms with Crippen LogP contribution in [-0.4, -0.2) is 0 Å². The molecule has 0 spiro atoms. The monoisotopic (exact) mass is 407 g/mol. The topological polar surface area (TPSA) is 0 Å². The van der Waals surface area contributed by atoms with Gasteiger partial charge in [0.05, 0.1) is 0 Å². The molecule has 0 unspecified atom stereocenters. The Balaban J connectivity index is 3.35. The van der Waals surface area contributed by atoms with E-state index in [-0.39, 0.29) is 0 Å². The third kappa shape index (κ3) is 26.2. The smallest absolute Gasteiger partial charge is 0.0348 e. The van der Waals surface area contributed by atoms with Gasteiger partial charge in [0.2, 0.25) is 0 Å². The summed E-state index contributed by atoms with van der Waals surface area (Å²) < 4.78 is 0. The quantitative estimate of drug-likeness (QED) is 0.131. The van der Waals surface area contributed by atoms with Gasteiger partial charge in [-0.05, 0) is 12.8 Å². The van der Waals surface area contributed by atoms with Crippen LogP contribution >= 0.6 is 0 Å². The first-order valence-corrected chi connectivity index (χ1v) is 12.4. The van der Waals surface area contributed by atoms with E-state index in [1.807, 2.05) is 42.5 Å². The highest BCUT2D eigenvalue weighted by Crippen LogP contribution is 2.13. The van der Waals surface area contributed by atoms with Crippen molar-refractivity contribution in [2.45, 2.75) is 103 Å². The van der Waals surface area contributed by atoms with Crippen LogP contribution in [0.15, 0.2) is 79.0 Å². The first-order chi connectivity index (χ1) is 14.9. The molecule has 0 saturated heterocycles. The van der Waals surface area contributed by atoms with Crippen LogP contribution in [0.2, 0.25) is 0 Å². The number of unbranched alkanes of at least 4 members (excludes halogenated alkanes) is 14. The minimum Gasteiger partial charge on any atom is -0.0845 e. The van der Waals surface area contributed by atoms with Gasteiger partial charge in [-0.2, -0.15) is 0 Å². The van der Waals surface area contributed by atoms with Crippen LogP contribution in [0.4, 0.5) is 0 Å². The Bertz CT molecular complexity index is 510. The standard InChI is InChI=1S/C30H47/c1-3-5-7-9-11-13-15-17-19-21-23-25-27-29-30-28-26-24-22-20-18-16-14-12-10-8-6-4-2/h1,3,5,7,9,11,13,15,17,19,21,23,25,27H,4,6,8,10,12,14,16,18,20,22,24,26,28-30H2,2H3/b3-1?,7-5+,11-9+,15-13+,19-17+,23-21+,27-25+. The van der Waals surface area contributed by atoms with Crippen LogP contribution in [-0.2, 0) is 0 Å². The molecule has 0 aliphatic heterocycles. The van der Waals surface area contributed by atoms with Crippen molar-refractivity contribution < 1.29 is 0 Å². The predicted molar refractivity (Wildman–Crippen MR) is 139 cm³/mol. The molecule has 0 nitrogen and oxygen atoms in total. The summed E-state index contributed by atoms with van der Waals surface area (Å²) in [6, 6.07) is 0. The molecule has 0 atom stereocenters. The van der Waals surface area contributed by atoms with E-state index in [4.69, 9.17) is 6.58 Å². The molecule has 0 bridgehead atoms. The maximum Gasteiger partial charge on any atom is -0.0348 e. The van der Waals surface area contributed by atoms with Gasteiger partial charge in [0.1, 0.15) is 0 Å². The van der Waals surface area contributed by atoms with E-state index in [0.717, 1.165) is 0 Å². The van der Waals surface area contributed by atoms with Crippen LogP contribution in [0, 0.1) is 6.58 Å². The Kier molecular flexibility index (Phi) is 25.5. The number of hydrogen-bond acceptors (Lipinski definition) is 0. The van der Waals surface area contributed by atoms with Gasteiger partial charge < -0.3 is 0 Å². The minimum absolute atomic E-state index is 1.20. The zero-order valence-corrected chi connectivity index (χ0v) is 19.7. The van der Waals surface area contributed by atoms with Crippen molar-refractivity contribution in [1.29, 1.82) is 0 Å². The second-order valence-electron chi connectivity index (χ2n) is 7.93. The molecular formula is C30H47. The van der Waals surface area contributed by atoms with Gasteiger partial charge in [-0.1, -0.05) is 176 Å². The number of hydrogen-bond donors (Lipinski definition) is 0. The van der Waals surface area contributed by atoms with Crippen molar-refractivity contribution in [1.82, 2.24) is 0 Å². The van der Waals surface area contributed by atoms with Gasteiger partial charge in [-0.25, -0.2) is 0 Å². The molecule has 167 valence electrons. The lowest BCUT2D eigenvalue weighted by Gasteiger charge is -2.02. The maximum absolute atomic E-state index is 5.24. The van der Waals surface area contributed by atoms with Crippen LogP contribution < -0.4 is 0 Å². The summed E-state index contributed by atoms with van der Waals surface area (Å²) in [6.07, 6.45) is 47.0. The Morgan fingerprint density at radius 2 is 0.733 bits per heavy atom. The Hall–Kier alpha value is -1.82. The summed E-state index contributed by atoms with van der Waals surface area (Å²) >= 11 is 0. The third-order valence-electron chi connectivity index (χ3n) is 5.08. The molecule has 0 amide bonds. The Labute approximate surface area is 188 Å². The van der Waals surface area contributed by atoms with Crippen molar-refractivity contribution in [2.75, 3.05) is 0 Å². The third-order valence-corrected chi connectivity index (χ3v) is 5.08. The predicted octanol–water partition coefficient (Wildman–Crippen LogP) is 10.2. The van der Waals surface area contributed by atoms with E-state index < -0.39 is 0 Å². The zero-order valence-electron chi connectivity index (χ0n) is 19.7. The molecule has 0 aliphatic carbocycles. The Morgan fingerprint density at radius 1 is 0.400 bits per heavy atom.